The van der Waals surface area contributed by atoms with E-state index >= 15 is 0 Å². The molecule has 1 aromatic carbocycles. The predicted octanol–water partition coefficient (Wildman–Crippen LogP) is 2.62. The molecular weight excluding hydrogens is 408 g/mol. The van der Waals surface area contributed by atoms with Crippen LogP contribution in [0.3, 0.4) is 0 Å². The molecule has 0 bridgehead atoms. The Balaban J connectivity index is 1.77. The van der Waals surface area contributed by atoms with Crippen LogP contribution in [0.1, 0.15) is 29.0 Å². The number of thioether (sulfide) groups is 1. The molecule has 0 amide bonds. The molecule has 3 rings (SSSR count). The molecule has 27 heavy (non-hydrogen) atoms. The lowest BCUT2D eigenvalue weighted by Gasteiger charge is -2.39. The van der Waals surface area contributed by atoms with Crippen molar-refractivity contribution < 1.29 is 25.2 Å². The Morgan fingerprint density at radius 3 is 2.44 bits per heavy atom. The molecule has 1 aliphatic rings. The van der Waals surface area contributed by atoms with Crippen LogP contribution in [-0.4, -0.2) is 57.2 Å². The fraction of sp³-hybridized carbons (Fsp3) is 0.474. The molecule has 5 nitrogen and oxygen atoms in total. The number of ether oxygens (including phenoxy) is 1. The minimum atomic E-state index is -1.39. The van der Waals surface area contributed by atoms with Gasteiger partial charge in [-0.05, 0) is 41.5 Å². The first kappa shape index (κ1) is 21.1. The summed E-state index contributed by atoms with van der Waals surface area (Å²) in [6.45, 7) is 1.67. The van der Waals surface area contributed by atoms with Crippen molar-refractivity contribution in [2.75, 3.05) is 12.4 Å². The molecule has 5 atom stereocenters. The lowest BCUT2D eigenvalue weighted by molar-refractivity contribution is -0.230. The Morgan fingerprint density at radius 2 is 1.81 bits per heavy atom. The van der Waals surface area contributed by atoms with Gasteiger partial charge >= 0.3 is 0 Å². The summed E-state index contributed by atoms with van der Waals surface area (Å²) in [6.07, 6.45) is -5.19. The molecular formula is C19H23ClO5S2. The van der Waals surface area contributed by atoms with E-state index in [1.807, 2.05) is 6.07 Å². The van der Waals surface area contributed by atoms with E-state index in [9.17, 15) is 20.4 Å². The van der Waals surface area contributed by atoms with Crippen LogP contribution in [-0.2, 0) is 11.2 Å². The second kappa shape index (κ2) is 9.24. The maximum absolute atomic E-state index is 10.3. The first-order chi connectivity index (χ1) is 12.9. The second-order valence-electron chi connectivity index (χ2n) is 6.45. The summed E-state index contributed by atoms with van der Waals surface area (Å²) in [6, 6.07) is 10.2. The van der Waals surface area contributed by atoms with Gasteiger partial charge in [-0.25, -0.2) is 0 Å². The van der Waals surface area contributed by atoms with E-state index in [-0.39, 0.29) is 0 Å². The van der Waals surface area contributed by atoms with Gasteiger partial charge in [-0.2, -0.15) is 0 Å². The van der Waals surface area contributed by atoms with E-state index in [4.69, 9.17) is 16.3 Å². The van der Waals surface area contributed by atoms with E-state index in [0.29, 0.717) is 15.6 Å². The molecule has 0 spiro atoms. The first-order valence-electron chi connectivity index (χ1n) is 8.75. The van der Waals surface area contributed by atoms with Gasteiger partial charge in [-0.1, -0.05) is 30.7 Å². The number of hydrogen-bond donors (Lipinski definition) is 4. The highest BCUT2D eigenvalue weighted by Crippen LogP contribution is 2.39. The lowest BCUT2D eigenvalue weighted by atomic mass is 9.94. The number of benzene rings is 1. The number of halogens is 1. The van der Waals surface area contributed by atoms with Crippen molar-refractivity contribution in [3.63, 3.8) is 0 Å². The third-order valence-electron chi connectivity index (χ3n) is 4.58. The van der Waals surface area contributed by atoms with Gasteiger partial charge in [-0.3, -0.25) is 0 Å². The molecule has 0 radical (unpaired) electrons. The molecule has 2 aromatic rings. The lowest BCUT2D eigenvalue weighted by Crippen LogP contribution is -2.55. The number of hydrogen-bond acceptors (Lipinski definition) is 7. The molecule has 2 heterocycles. The highest BCUT2D eigenvalue weighted by molar-refractivity contribution is 7.99. The van der Waals surface area contributed by atoms with Crippen molar-refractivity contribution in [3.8, 4) is 0 Å². The molecule has 4 N–H and O–H groups in total. The monoisotopic (exact) mass is 430 g/mol. The Morgan fingerprint density at radius 1 is 1.11 bits per heavy atom. The molecule has 0 aliphatic carbocycles. The quantitative estimate of drug-likeness (QED) is 0.527. The van der Waals surface area contributed by atoms with E-state index in [0.717, 1.165) is 16.9 Å². The van der Waals surface area contributed by atoms with Crippen molar-refractivity contribution in [2.24, 2.45) is 0 Å². The summed E-state index contributed by atoms with van der Waals surface area (Å²) in [5.41, 5.74) is 2.03. The average molecular weight is 431 g/mol. The summed E-state index contributed by atoms with van der Waals surface area (Å²) in [5, 5.41) is 39.5. The standard InChI is InChI=1S/C19H23ClO5S2/c1-2-26-12-5-3-10(4-6-12)7-11-8-14(27-19(11)20)18-17(24)16(23)15(22)13(9-21)25-18/h3-6,8,13,15-18,21-24H,2,7,9H2,1H3. The Labute approximate surface area is 171 Å². The predicted molar refractivity (Wildman–Crippen MR) is 108 cm³/mol. The number of aliphatic hydroxyl groups excluding tert-OH is 4. The fourth-order valence-corrected chi connectivity index (χ4v) is 5.15. The Bertz CT molecular complexity index is 749. The van der Waals surface area contributed by atoms with Crippen LogP contribution in [0.15, 0.2) is 35.2 Å². The van der Waals surface area contributed by atoms with Crippen LogP contribution in [0.25, 0.3) is 0 Å². The van der Waals surface area contributed by atoms with Gasteiger partial charge in [0, 0.05) is 9.77 Å². The SMILES string of the molecule is CCSc1ccc(Cc2cc(C3OC(CO)C(O)C(O)C3O)sc2Cl)cc1. The van der Waals surface area contributed by atoms with Crippen LogP contribution in [0, 0.1) is 0 Å². The molecule has 1 saturated heterocycles. The molecule has 1 aromatic heterocycles. The molecule has 5 unspecified atom stereocenters. The van der Waals surface area contributed by atoms with Crippen molar-refractivity contribution in [2.45, 2.75) is 48.8 Å². The summed E-state index contributed by atoms with van der Waals surface area (Å²) in [4.78, 5) is 1.88. The topological polar surface area (TPSA) is 90.2 Å². The molecule has 1 fully saturated rings. The Hall–Kier alpha value is -0.640. The third kappa shape index (κ3) is 4.68. The maximum Gasteiger partial charge on any atom is 0.121 e. The molecule has 148 valence electrons. The van der Waals surface area contributed by atoms with Crippen LogP contribution >= 0.6 is 34.7 Å². The smallest absolute Gasteiger partial charge is 0.121 e. The van der Waals surface area contributed by atoms with Crippen molar-refractivity contribution in [1.82, 2.24) is 0 Å². The number of rotatable bonds is 6. The largest absolute Gasteiger partial charge is 0.394 e. The maximum atomic E-state index is 10.3. The zero-order valence-electron chi connectivity index (χ0n) is 14.8. The van der Waals surface area contributed by atoms with Crippen LogP contribution < -0.4 is 0 Å². The van der Waals surface area contributed by atoms with Crippen LogP contribution in [0.5, 0.6) is 0 Å². The van der Waals surface area contributed by atoms with E-state index in [1.54, 1.807) is 11.8 Å². The average Bonchev–Trinajstić information content (AvgIpc) is 3.02. The highest BCUT2D eigenvalue weighted by Gasteiger charge is 2.44. The summed E-state index contributed by atoms with van der Waals surface area (Å²) in [7, 11) is 0. The zero-order chi connectivity index (χ0) is 19.6. The van der Waals surface area contributed by atoms with Crippen molar-refractivity contribution in [3.05, 3.63) is 50.7 Å². The van der Waals surface area contributed by atoms with Gasteiger partial charge in [0.1, 0.15) is 30.5 Å². The Kier molecular flexibility index (Phi) is 7.21. The van der Waals surface area contributed by atoms with Gasteiger partial charge in [0.05, 0.1) is 10.9 Å². The van der Waals surface area contributed by atoms with E-state index in [1.165, 1.54) is 16.2 Å². The van der Waals surface area contributed by atoms with Crippen molar-refractivity contribution >= 4 is 34.7 Å². The van der Waals surface area contributed by atoms with Gasteiger partial charge in [-0.15, -0.1) is 23.1 Å². The summed E-state index contributed by atoms with van der Waals surface area (Å²) >= 11 is 9.45. The van der Waals surface area contributed by atoms with Gasteiger partial charge in [0.15, 0.2) is 0 Å². The minimum Gasteiger partial charge on any atom is -0.394 e. The van der Waals surface area contributed by atoms with Gasteiger partial charge < -0.3 is 25.2 Å². The number of aliphatic hydroxyl groups is 4. The van der Waals surface area contributed by atoms with E-state index < -0.39 is 37.1 Å². The first-order valence-corrected chi connectivity index (χ1v) is 10.9. The molecule has 8 heteroatoms. The third-order valence-corrected chi connectivity index (χ3v) is 6.97. The van der Waals surface area contributed by atoms with Crippen molar-refractivity contribution in [1.29, 1.82) is 0 Å². The minimum absolute atomic E-state index is 0.449. The van der Waals surface area contributed by atoms with Crippen LogP contribution in [0.4, 0.5) is 0 Å². The zero-order valence-corrected chi connectivity index (χ0v) is 17.2. The highest BCUT2D eigenvalue weighted by atomic mass is 35.5. The normalized spacial score (nSPS) is 28.4. The molecule has 1 aliphatic heterocycles. The fourth-order valence-electron chi connectivity index (χ4n) is 3.11. The summed E-state index contributed by atoms with van der Waals surface area (Å²) in [5.74, 6) is 1.03. The summed E-state index contributed by atoms with van der Waals surface area (Å²) < 4.78 is 6.21. The van der Waals surface area contributed by atoms with Crippen LogP contribution in [0.2, 0.25) is 4.34 Å². The van der Waals surface area contributed by atoms with E-state index in [2.05, 4.69) is 31.2 Å². The van der Waals surface area contributed by atoms with Gasteiger partial charge in [0.2, 0.25) is 0 Å². The number of thiophene rings is 1. The second-order valence-corrected chi connectivity index (χ2v) is 9.47. The van der Waals surface area contributed by atoms with Gasteiger partial charge in [0.25, 0.3) is 0 Å². The molecule has 0 saturated carbocycles.